The van der Waals surface area contributed by atoms with E-state index in [9.17, 15) is 13.2 Å². The fourth-order valence-corrected chi connectivity index (χ4v) is 2.92. The Kier molecular flexibility index (Phi) is 4.96. The average molecular weight is 351 g/mol. The van der Waals surface area contributed by atoms with Gasteiger partial charge in [-0.1, -0.05) is 6.92 Å². The molecule has 0 bridgehead atoms. The first-order valence-corrected chi connectivity index (χ1v) is 7.56. The molecular weight excluding hydrogens is 333 g/mol. The number of nitrogens with zero attached hydrogens (tertiary/aromatic N) is 1. The molecule has 1 unspecified atom stereocenters. The van der Waals surface area contributed by atoms with Crippen molar-refractivity contribution >= 4 is 21.6 Å². The molecule has 0 saturated carbocycles. The topological polar surface area (TPSA) is 15.3 Å². The normalized spacial score (nSPS) is 20.9. The molecule has 1 aromatic carbocycles. The fourth-order valence-electron chi connectivity index (χ4n) is 2.42. The molecule has 0 amide bonds. The molecule has 1 heterocycles. The van der Waals surface area contributed by atoms with Crippen LogP contribution in [0.25, 0.3) is 0 Å². The molecule has 112 valence electrons. The number of nitrogens with one attached hydrogen (secondary N) is 1. The van der Waals surface area contributed by atoms with Gasteiger partial charge in [-0.3, -0.25) is 0 Å². The Bertz CT molecular complexity index is 462. The van der Waals surface area contributed by atoms with Gasteiger partial charge in [0.15, 0.2) is 0 Å². The zero-order valence-electron chi connectivity index (χ0n) is 11.3. The fraction of sp³-hybridized carbons (Fsp3) is 0.571. The second kappa shape index (κ2) is 6.35. The highest BCUT2D eigenvalue weighted by molar-refractivity contribution is 9.10. The summed E-state index contributed by atoms with van der Waals surface area (Å²) in [6, 6.07) is 4.15. The second-order valence-corrected chi connectivity index (χ2v) is 5.88. The maximum absolute atomic E-state index is 12.8. The molecule has 0 aliphatic carbocycles. The third-order valence-corrected chi connectivity index (χ3v) is 4.26. The number of anilines is 1. The van der Waals surface area contributed by atoms with Crippen LogP contribution >= 0.6 is 15.9 Å². The molecule has 0 aromatic heterocycles. The van der Waals surface area contributed by atoms with Gasteiger partial charge < -0.3 is 10.2 Å². The maximum atomic E-state index is 12.8. The molecule has 1 atom stereocenters. The minimum Gasteiger partial charge on any atom is -0.369 e. The largest absolute Gasteiger partial charge is 0.416 e. The highest BCUT2D eigenvalue weighted by Gasteiger charge is 2.31. The number of alkyl halides is 3. The van der Waals surface area contributed by atoms with Crippen molar-refractivity contribution in [3.05, 3.63) is 28.2 Å². The Morgan fingerprint density at radius 3 is 2.80 bits per heavy atom. The first-order chi connectivity index (χ1) is 9.41. The molecular formula is C14H18BrF3N2. The average Bonchev–Trinajstić information content (AvgIpc) is 2.63. The van der Waals surface area contributed by atoms with Gasteiger partial charge in [0, 0.05) is 23.6 Å². The number of hydrogen-bond acceptors (Lipinski definition) is 2. The van der Waals surface area contributed by atoms with Gasteiger partial charge in [0.1, 0.15) is 0 Å². The molecule has 1 saturated heterocycles. The lowest BCUT2D eigenvalue weighted by molar-refractivity contribution is -0.137. The van der Waals surface area contributed by atoms with Gasteiger partial charge in [0.05, 0.1) is 11.3 Å². The van der Waals surface area contributed by atoms with Gasteiger partial charge in [-0.15, -0.1) is 0 Å². The van der Waals surface area contributed by atoms with Gasteiger partial charge >= 0.3 is 6.18 Å². The predicted molar refractivity (Wildman–Crippen MR) is 78.1 cm³/mol. The Hall–Kier alpha value is -0.750. The summed E-state index contributed by atoms with van der Waals surface area (Å²) in [6.07, 6.45) is -2.41. The second-order valence-electron chi connectivity index (χ2n) is 5.02. The number of benzene rings is 1. The standard InChI is InChI=1S/C14H18BrF3N2/c1-2-11-9-20(7-3-6-19-11)13-8-10(14(16,17)18)4-5-12(13)15/h4-5,8,11,19H,2-3,6-7,9H2,1H3. The Morgan fingerprint density at radius 1 is 1.40 bits per heavy atom. The van der Waals surface area contributed by atoms with Crippen LogP contribution in [0.3, 0.4) is 0 Å². The molecule has 1 aromatic rings. The van der Waals surface area contributed by atoms with Crippen LogP contribution in [0.5, 0.6) is 0 Å². The minimum absolute atomic E-state index is 0.318. The highest BCUT2D eigenvalue weighted by atomic mass is 79.9. The van der Waals surface area contributed by atoms with Crippen molar-refractivity contribution in [2.24, 2.45) is 0 Å². The molecule has 2 rings (SSSR count). The highest BCUT2D eigenvalue weighted by Crippen LogP contribution is 2.35. The first-order valence-electron chi connectivity index (χ1n) is 6.77. The number of rotatable bonds is 2. The van der Waals surface area contributed by atoms with E-state index >= 15 is 0 Å². The lowest BCUT2D eigenvalue weighted by Gasteiger charge is -2.27. The van der Waals surface area contributed by atoms with Gasteiger partial charge in [-0.05, 0) is 53.5 Å². The molecule has 1 fully saturated rings. The summed E-state index contributed by atoms with van der Waals surface area (Å²) in [7, 11) is 0. The zero-order chi connectivity index (χ0) is 14.8. The van der Waals surface area contributed by atoms with Gasteiger partial charge in [-0.2, -0.15) is 13.2 Å². The summed E-state index contributed by atoms with van der Waals surface area (Å²) in [6.45, 7) is 4.49. The SMILES string of the molecule is CCC1CN(c2cc(C(F)(F)F)ccc2Br)CCCN1. The van der Waals surface area contributed by atoms with E-state index in [4.69, 9.17) is 0 Å². The van der Waals surface area contributed by atoms with Crippen LogP contribution in [0.15, 0.2) is 22.7 Å². The van der Waals surface area contributed by atoms with Crippen molar-refractivity contribution in [2.45, 2.75) is 32.0 Å². The van der Waals surface area contributed by atoms with Crippen molar-refractivity contribution < 1.29 is 13.2 Å². The molecule has 0 radical (unpaired) electrons. The lowest BCUT2D eigenvalue weighted by atomic mass is 10.1. The minimum atomic E-state index is -4.30. The van der Waals surface area contributed by atoms with E-state index in [0.29, 0.717) is 16.2 Å². The van der Waals surface area contributed by atoms with E-state index in [2.05, 4.69) is 28.2 Å². The lowest BCUT2D eigenvalue weighted by Crippen LogP contribution is -2.37. The van der Waals surface area contributed by atoms with E-state index in [0.717, 1.165) is 38.5 Å². The summed E-state index contributed by atoms with van der Waals surface area (Å²) < 4.78 is 39.2. The Labute approximate surface area is 125 Å². The van der Waals surface area contributed by atoms with Crippen LogP contribution in [-0.4, -0.2) is 25.7 Å². The molecule has 6 heteroatoms. The maximum Gasteiger partial charge on any atom is 0.416 e. The quantitative estimate of drug-likeness (QED) is 0.865. The monoisotopic (exact) mass is 350 g/mol. The van der Waals surface area contributed by atoms with Crippen molar-refractivity contribution in [1.82, 2.24) is 5.32 Å². The Morgan fingerprint density at radius 2 is 2.15 bits per heavy atom. The summed E-state index contributed by atoms with van der Waals surface area (Å²) in [5, 5.41) is 3.42. The van der Waals surface area contributed by atoms with Crippen molar-refractivity contribution in [1.29, 1.82) is 0 Å². The third kappa shape index (κ3) is 3.67. The van der Waals surface area contributed by atoms with Crippen molar-refractivity contribution in [3.8, 4) is 0 Å². The van der Waals surface area contributed by atoms with E-state index in [1.165, 1.54) is 12.1 Å². The van der Waals surface area contributed by atoms with Crippen LogP contribution in [0.2, 0.25) is 0 Å². The molecule has 2 nitrogen and oxygen atoms in total. The van der Waals surface area contributed by atoms with Gasteiger partial charge in [0.2, 0.25) is 0 Å². The van der Waals surface area contributed by atoms with E-state index in [-0.39, 0.29) is 0 Å². The number of halogens is 4. The third-order valence-electron chi connectivity index (χ3n) is 3.59. The van der Waals surface area contributed by atoms with E-state index in [1.807, 2.05) is 4.90 Å². The predicted octanol–water partition coefficient (Wildman–Crippen LogP) is 4.05. The van der Waals surface area contributed by atoms with Crippen LogP contribution in [0.1, 0.15) is 25.3 Å². The molecule has 0 spiro atoms. The van der Waals surface area contributed by atoms with E-state index in [1.54, 1.807) is 0 Å². The molecule has 1 aliphatic rings. The van der Waals surface area contributed by atoms with Gasteiger partial charge in [0.25, 0.3) is 0 Å². The van der Waals surface area contributed by atoms with Crippen LogP contribution in [0, 0.1) is 0 Å². The smallest absolute Gasteiger partial charge is 0.369 e. The summed E-state index contributed by atoms with van der Waals surface area (Å²) in [4.78, 5) is 2.04. The van der Waals surface area contributed by atoms with Crippen LogP contribution in [-0.2, 0) is 6.18 Å². The molecule has 1 N–H and O–H groups in total. The van der Waals surface area contributed by atoms with E-state index < -0.39 is 11.7 Å². The van der Waals surface area contributed by atoms with Crippen molar-refractivity contribution in [2.75, 3.05) is 24.5 Å². The van der Waals surface area contributed by atoms with Gasteiger partial charge in [-0.25, -0.2) is 0 Å². The summed E-state index contributed by atoms with van der Waals surface area (Å²) in [5.41, 5.74) is 0.0305. The van der Waals surface area contributed by atoms with Crippen LogP contribution in [0.4, 0.5) is 18.9 Å². The number of hydrogen-bond donors (Lipinski definition) is 1. The van der Waals surface area contributed by atoms with Crippen LogP contribution < -0.4 is 10.2 Å². The first kappa shape index (κ1) is 15.6. The zero-order valence-corrected chi connectivity index (χ0v) is 12.9. The molecule has 20 heavy (non-hydrogen) atoms. The van der Waals surface area contributed by atoms with Crippen molar-refractivity contribution in [3.63, 3.8) is 0 Å². The Balaban J connectivity index is 2.30. The summed E-state index contributed by atoms with van der Waals surface area (Å²) in [5.74, 6) is 0. The molecule has 1 aliphatic heterocycles. The summed E-state index contributed by atoms with van der Waals surface area (Å²) >= 11 is 3.37.